The van der Waals surface area contributed by atoms with Crippen molar-refractivity contribution in [3.63, 3.8) is 0 Å². The van der Waals surface area contributed by atoms with Gasteiger partial charge in [-0.2, -0.15) is 0 Å². The summed E-state index contributed by atoms with van der Waals surface area (Å²) < 4.78 is 0. The Hall–Kier alpha value is -1.24. The van der Waals surface area contributed by atoms with Crippen molar-refractivity contribution in [3.05, 3.63) is 34.9 Å². The number of carbonyl (C=O) groups excluding carboxylic acids is 2. The number of rotatable bonds is 7. The van der Waals surface area contributed by atoms with E-state index in [-0.39, 0.29) is 17.2 Å². The summed E-state index contributed by atoms with van der Waals surface area (Å²) in [5.41, 5.74) is 0.566. The van der Waals surface area contributed by atoms with Crippen LogP contribution in [0.15, 0.2) is 24.3 Å². The molecule has 2 unspecified atom stereocenters. The molecule has 0 spiro atoms. The van der Waals surface area contributed by atoms with Crippen LogP contribution in [-0.4, -0.2) is 66.0 Å². The molecule has 2 amide bonds. The number of nitrogens with zero attached hydrogens (tertiary/aromatic N) is 2. The normalized spacial score (nSPS) is 20.0. The highest BCUT2D eigenvalue weighted by atomic mass is 35.5. The van der Waals surface area contributed by atoms with E-state index in [1.165, 1.54) is 0 Å². The minimum absolute atomic E-state index is 0.0165. The minimum Gasteiger partial charge on any atom is -0.353 e. The van der Waals surface area contributed by atoms with Crippen LogP contribution in [0, 0.1) is 5.92 Å². The van der Waals surface area contributed by atoms with Crippen molar-refractivity contribution in [2.45, 2.75) is 31.7 Å². The number of amides is 2. The SMILES string of the molecule is CC(C)CC1SCC(C(=O)NCCN(C)C)N1C(=O)c1ccc(Cl)cc1. The number of hydrogen-bond acceptors (Lipinski definition) is 4. The van der Waals surface area contributed by atoms with Gasteiger partial charge in [0.25, 0.3) is 5.91 Å². The van der Waals surface area contributed by atoms with Crippen LogP contribution in [0.5, 0.6) is 0 Å². The molecule has 2 atom stereocenters. The summed E-state index contributed by atoms with van der Waals surface area (Å²) in [5.74, 6) is 0.895. The Morgan fingerprint density at radius 1 is 1.31 bits per heavy atom. The lowest BCUT2D eigenvalue weighted by Crippen LogP contribution is -2.50. The Bertz CT molecular complexity index is 622. The van der Waals surface area contributed by atoms with Crippen molar-refractivity contribution < 1.29 is 9.59 Å². The molecule has 7 heteroatoms. The molecule has 0 radical (unpaired) electrons. The Labute approximate surface area is 165 Å². The van der Waals surface area contributed by atoms with E-state index >= 15 is 0 Å². The maximum Gasteiger partial charge on any atom is 0.255 e. The molecule has 1 saturated heterocycles. The molecule has 26 heavy (non-hydrogen) atoms. The van der Waals surface area contributed by atoms with E-state index in [0.717, 1.165) is 13.0 Å². The zero-order valence-corrected chi connectivity index (χ0v) is 17.4. The molecule has 0 aliphatic carbocycles. The number of hydrogen-bond donors (Lipinski definition) is 1. The molecule has 1 aliphatic rings. The van der Waals surface area contributed by atoms with Crippen LogP contribution >= 0.6 is 23.4 Å². The second-order valence-electron chi connectivity index (χ2n) is 7.25. The van der Waals surface area contributed by atoms with Gasteiger partial charge in [0.2, 0.25) is 5.91 Å². The summed E-state index contributed by atoms with van der Waals surface area (Å²) in [6.45, 7) is 5.61. The summed E-state index contributed by atoms with van der Waals surface area (Å²) in [7, 11) is 3.93. The van der Waals surface area contributed by atoms with Crippen molar-refractivity contribution >= 4 is 35.2 Å². The highest BCUT2D eigenvalue weighted by molar-refractivity contribution is 8.00. The monoisotopic (exact) mass is 397 g/mol. The first-order chi connectivity index (χ1) is 12.3. The van der Waals surface area contributed by atoms with Crippen LogP contribution in [0.25, 0.3) is 0 Å². The molecule has 1 N–H and O–H groups in total. The number of carbonyl (C=O) groups is 2. The number of nitrogens with one attached hydrogen (secondary N) is 1. The molecule has 1 fully saturated rings. The second kappa shape index (κ2) is 9.62. The third-order valence-corrected chi connectivity index (χ3v) is 5.82. The average molecular weight is 398 g/mol. The molecule has 5 nitrogen and oxygen atoms in total. The molecule has 0 aromatic heterocycles. The molecular formula is C19H28ClN3O2S. The molecule has 0 bridgehead atoms. The lowest BCUT2D eigenvalue weighted by molar-refractivity contribution is -0.124. The third-order valence-electron chi connectivity index (χ3n) is 4.25. The van der Waals surface area contributed by atoms with Gasteiger partial charge in [-0.1, -0.05) is 25.4 Å². The highest BCUT2D eigenvalue weighted by Gasteiger charge is 2.41. The topological polar surface area (TPSA) is 52.7 Å². The van der Waals surface area contributed by atoms with Crippen LogP contribution in [0.3, 0.4) is 0 Å². The van der Waals surface area contributed by atoms with Gasteiger partial charge in [0.15, 0.2) is 0 Å². The average Bonchev–Trinajstić information content (AvgIpc) is 2.97. The fourth-order valence-electron chi connectivity index (χ4n) is 2.88. The summed E-state index contributed by atoms with van der Waals surface area (Å²) in [5, 5.41) is 3.57. The van der Waals surface area contributed by atoms with E-state index in [9.17, 15) is 9.59 Å². The predicted octanol–water partition coefficient (Wildman–Crippen LogP) is 2.95. The molecule has 0 saturated carbocycles. The number of halogens is 1. The highest BCUT2D eigenvalue weighted by Crippen LogP contribution is 2.34. The van der Waals surface area contributed by atoms with E-state index in [1.54, 1.807) is 40.9 Å². The standard InChI is InChI=1S/C19H28ClN3O2S/c1-13(2)11-17-23(19(25)14-5-7-15(20)8-6-14)16(12-26-17)18(24)21-9-10-22(3)4/h5-8,13,16-17H,9-12H2,1-4H3,(H,21,24). The predicted molar refractivity (Wildman–Crippen MR) is 109 cm³/mol. The lowest BCUT2D eigenvalue weighted by atomic mass is 10.1. The van der Waals surface area contributed by atoms with Gasteiger partial charge < -0.3 is 15.1 Å². The van der Waals surface area contributed by atoms with Gasteiger partial charge in [0, 0.05) is 29.4 Å². The Kier molecular flexibility index (Phi) is 7.80. The van der Waals surface area contributed by atoms with Crippen molar-refractivity contribution in [2.75, 3.05) is 32.9 Å². The number of likely N-dealkylation sites (N-methyl/N-ethyl adjacent to an activating group) is 1. The van der Waals surface area contributed by atoms with Gasteiger partial charge in [-0.25, -0.2) is 0 Å². The number of thioether (sulfide) groups is 1. The maximum atomic E-state index is 13.1. The first-order valence-electron chi connectivity index (χ1n) is 8.92. The summed E-state index contributed by atoms with van der Waals surface area (Å²) in [4.78, 5) is 29.6. The zero-order valence-electron chi connectivity index (χ0n) is 15.9. The van der Waals surface area contributed by atoms with E-state index in [4.69, 9.17) is 11.6 Å². The summed E-state index contributed by atoms with van der Waals surface area (Å²) >= 11 is 7.63. The van der Waals surface area contributed by atoms with Gasteiger partial charge >= 0.3 is 0 Å². The van der Waals surface area contributed by atoms with Gasteiger partial charge in [0.05, 0.1) is 5.37 Å². The van der Waals surface area contributed by atoms with Gasteiger partial charge in [-0.05, 0) is 50.7 Å². The Morgan fingerprint density at radius 3 is 2.54 bits per heavy atom. The van der Waals surface area contributed by atoms with Crippen LogP contribution in [0.1, 0.15) is 30.6 Å². The fraction of sp³-hybridized carbons (Fsp3) is 0.579. The van der Waals surface area contributed by atoms with Gasteiger partial charge in [0.1, 0.15) is 6.04 Å². The van der Waals surface area contributed by atoms with Crippen molar-refractivity contribution in [1.82, 2.24) is 15.1 Å². The smallest absolute Gasteiger partial charge is 0.255 e. The van der Waals surface area contributed by atoms with E-state index in [2.05, 4.69) is 19.2 Å². The molecule has 1 heterocycles. The first kappa shape index (κ1) is 21.1. The molecule has 1 aromatic carbocycles. The molecular weight excluding hydrogens is 370 g/mol. The maximum absolute atomic E-state index is 13.1. The van der Waals surface area contributed by atoms with E-state index < -0.39 is 6.04 Å². The molecule has 2 rings (SSSR count). The van der Waals surface area contributed by atoms with Crippen molar-refractivity contribution in [1.29, 1.82) is 0 Å². The fourth-order valence-corrected chi connectivity index (χ4v) is 4.65. The Balaban J connectivity index is 2.16. The molecule has 144 valence electrons. The first-order valence-corrected chi connectivity index (χ1v) is 10.3. The molecule has 1 aromatic rings. The van der Waals surface area contributed by atoms with E-state index in [0.29, 0.717) is 28.8 Å². The van der Waals surface area contributed by atoms with Crippen molar-refractivity contribution in [3.8, 4) is 0 Å². The van der Waals surface area contributed by atoms with E-state index in [1.807, 2.05) is 19.0 Å². The van der Waals surface area contributed by atoms with Crippen LogP contribution in [0.4, 0.5) is 0 Å². The summed E-state index contributed by atoms with van der Waals surface area (Å²) in [6, 6.07) is 6.43. The van der Waals surface area contributed by atoms with Gasteiger partial charge in [-0.3, -0.25) is 9.59 Å². The Morgan fingerprint density at radius 2 is 1.96 bits per heavy atom. The third kappa shape index (κ3) is 5.63. The van der Waals surface area contributed by atoms with Crippen molar-refractivity contribution in [2.24, 2.45) is 5.92 Å². The lowest BCUT2D eigenvalue weighted by Gasteiger charge is -2.30. The molecule has 1 aliphatic heterocycles. The van der Waals surface area contributed by atoms with Crippen LogP contribution in [0.2, 0.25) is 5.02 Å². The van der Waals surface area contributed by atoms with Crippen LogP contribution in [-0.2, 0) is 4.79 Å². The minimum atomic E-state index is -0.436. The second-order valence-corrected chi connectivity index (χ2v) is 8.89. The largest absolute Gasteiger partial charge is 0.353 e. The van der Waals surface area contributed by atoms with Gasteiger partial charge in [-0.15, -0.1) is 11.8 Å². The quantitative estimate of drug-likeness (QED) is 0.768. The summed E-state index contributed by atoms with van der Waals surface area (Å²) in [6.07, 6.45) is 0.867. The number of benzene rings is 1. The zero-order chi connectivity index (χ0) is 19.3. The van der Waals surface area contributed by atoms with Crippen LogP contribution < -0.4 is 5.32 Å².